The topological polar surface area (TPSA) is 40.5 Å². The number of carboxylic acids is 1. The van der Waals surface area contributed by atoms with E-state index in [1.807, 2.05) is 0 Å². The summed E-state index contributed by atoms with van der Waals surface area (Å²) < 4.78 is 0. The zero-order valence-corrected chi connectivity index (χ0v) is 8.78. The van der Waals surface area contributed by atoms with Gasteiger partial charge in [-0.15, -0.1) is 0 Å². The van der Waals surface area contributed by atoms with Crippen LogP contribution in [0.2, 0.25) is 0 Å². The Morgan fingerprint density at radius 2 is 2.36 bits per heavy atom. The average Bonchev–Trinajstić information content (AvgIpc) is 2.74. The van der Waals surface area contributed by atoms with Gasteiger partial charge in [0.15, 0.2) is 0 Å². The second kappa shape index (κ2) is 3.89. The maximum atomic E-state index is 10.5. The lowest BCUT2D eigenvalue weighted by atomic mass is 10.1. The van der Waals surface area contributed by atoms with Crippen molar-refractivity contribution in [3.8, 4) is 0 Å². The molecule has 2 rings (SSSR count). The first kappa shape index (κ1) is 9.97. The van der Waals surface area contributed by atoms with Gasteiger partial charge in [-0.3, -0.25) is 9.69 Å². The molecular weight excluding hydrogens is 178 g/mol. The van der Waals surface area contributed by atoms with Crippen LogP contribution in [0.3, 0.4) is 0 Å². The van der Waals surface area contributed by atoms with E-state index < -0.39 is 5.97 Å². The fourth-order valence-electron chi connectivity index (χ4n) is 3.00. The van der Waals surface area contributed by atoms with Crippen LogP contribution in [0.25, 0.3) is 0 Å². The minimum atomic E-state index is -0.666. The molecule has 2 bridgehead atoms. The van der Waals surface area contributed by atoms with Crippen molar-refractivity contribution < 1.29 is 9.90 Å². The van der Waals surface area contributed by atoms with E-state index in [9.17, 15) is 4.79 Å². The molecule has 1 saturated heterocycles. The molecule has 2 aliphatic rings. The standard InChI is InChI=1S/C11H19NO2/c1-8(2-5-11(13)14)12-7-9-3-4-10(12)6-9/h8-10H,2-7H2,1H3,(H,13,14). The third kappa shape index (κ3) is 1.92. The first-order chi connectivity index (χ1) is 6.66. The predicted molar refractivity (Wildman–Crippen MR) is 54.2 cm³/mol. The minimum Gasteiger partial charge on any atom is -0.481 e. The molecule has 0 aromatic carbocycles. The molecule has 1 aliphatic heterocycles. The van der Waals surface area contributed by atoms with E-state index in [-0.39, 0.29) is 0 Å². The van der Waals surface area contributed by atoms with Crippen molar-refractivity contribution in [2.24, 2.45) is 5.92 Å². The van der Waals surface area contributed by atoms with Gasteiger partial charge < -0.3 is 5.11 Å². The molecule has 0 amide bonds. The van der Waals surface area contributed by atoms with Crippen molar-refractivity contribution in [2.75, 3.05) is 6.54 Å². The Morgan fingerprint density at radius 3 is 2.86 bits per heavy atom. The predicted octanol–water partition coefficient (Wildman–Crippen LogP) is 1.72. The van der Waals surface area contributed by atoms with Gasteiger partial charge in [0, 0.05) is 25.0 Å². The van der Waals surface area contributed by atoms with E-state index in [1.165, 1.54) is 25.8 Å². The highest BCUT2D eigenvalue weighted by atomic mass is 16.4. The van der Waals surface area contributed by atoms with E-state index in [4.69, 9.17) is 5.11 Å². The largest absolute Gasteiger partial charge is 0.481 e. The Kier molecular flexibility index (Phi) is 2.77. The van der Waals surface area contributed by atoms with Crippen LogP contribution in [0.5, 0.6) is 0 Å². The minimum absolute atomic E-state index is 0.315. The van der Waals surface area contributed by atoms with Crippen LogP contribution in [0.15, 0.2) is 0 Å². The van der Waals surface area contributed by atoms with E-state index in [1.54, 1.807) is 0 Å². The van der Waals surface area contributed by atoms with Gasteiger partial charge in [0.2, 0.25) is 0 Å². The number of nitrogens with zero attached hydrogens (tertiary/aromatic N) is 1. The van der Waals surface area contributed by atoms with Crippen molar-refractivity contribution in [2.45, 2.75) is 51.1 Å². The molecule has 1 aliphatic carbocycles. The zero-order chi connectivity index (χ0) is 10.1. The molecule has 3 unspecified atom stereocenters. The molecule has 3 heteroatoms. The normalized spacial score (nSPS) is 33.5. The number of carbonyl (C=O) groups is 1. The molecule has 14 heavy (non-hydrogen) atoms. The second-order valence-electron chi connectivity index (χ2n) is 4.81. The molecule has 80 valence electrons. The molecule has 1 saturated carbocycles. The number of aliphatic carboxylic acids is 1. The Bertz CT molecular complexity index is 229. The van der Waals surface area contributed by atoms with Crippen molar-refractivity contribution in [1.29, 1.82) is 0 Å². The summed E-state index contributed by atoms with van der Waals surface area (Å²) in [5.74, 6) is 0.244. The summed E-state index contributed by atoms with van der Waals surface area (Å²) in [6, 6.07) is 1.23. The molecular formula is C11H19NO2. The first-order valence-corrected chi connectivity index (χ1v) is 5.64. The van der Waals surface area contributed by atoms with Gasteiger partial charge in [0.05, 0.1) is 0 Å². The van der Waals surface area contributed by atoms with Crippen molar-refractivity contribution in [3.63, 3.8) is 0 Å². The van der Waals surface area contributed by atoms with Crippen LogP contribution in [0, 0.1) is 5.92 Å². The van der Waals surface area contributed by atoms with Crippen molar-refractivity contribution in [3.05, 3.63) is 0 Å². The Balaban J connectivity index is 1.80. The van der Waals surface area contributed by atoms with Gasteiger partial charge in [0.1, 0.15) is 0 Å². The number of fused-ring (bicyclic) bond motifs is 2. The number of piperidine rings is 1. The van der Waals surface area contributed by atoms with E-state index >= 15 is 0 Å². The summed E-state index contributed by atoms with van der Waals surface area (Å²) >= 11 is 0. The van der Waals surface area contributed by atoms with Gasteiger partial charge in [-0.2, -0.15) is 0 Å². The van der Waals surface area contributed by atoms with Crippen LogP contribution in [0.1, 0.15) is 39.0 Å². The van der Waals surface area contributed by atoms with E-state index in [2.05, 4.69) is 11.8 Å². The summed E-state index contributed by atoms with van der Waals surface area (Å²) in [5.41, 5.74) is 0. The quantitative estimate of drug-likeness (QED) is 0.746. The fourth-order valence-corrected chi connectivity index (χ4v) is 3.00. The van der Waals surface area contributed by atoms with Crippen LogP contribution < -0.4 is 0 Å². The highest BCUT2D eigenvalue weighted by Gasteiger charge is 2.39. The highest BCUT2D eigenvalue weighted by molar-refractivity contribution is 5.66. The van der Waals surface area contributed by atoms with Crippen molar-refractivity contribution >= 4 is 5.97 Å². The van der Waals surface area contributed by atoms with E-state index in [0.717, 1.165) is 18.4 Å². The smallest absolute Gasteiger partial charge is 0.303 e. The third-order valence-corrected chi connectivity index (χ3v) is 3.79. The maximum absolute atomic E-state index is 10.5. The number of likely N-dealkylation sites (tertiary alicyclic amines) is 1. The lowest BCUT2D eigenvalue weighted by molar-refractivity contribution is -0.137. The van der Waals surface area contributed by atoms with Gasteiger partial charge in [-0.1, -0.05) is 0 Å². The summed E-state index contributed by atoms with van der Waals surface area (Å²) in [4.78, 5) is 13.0. The van der Waals surface area contributed by atoms with Crippen LogP contribution in [0.4, 0.5) is 0 Å². The number of carboxylic acid groups (broad SMARTS) is 1. The average molecular weight is 197 g/mol. The first-order valence-electron chi connectivity index (χ1n) is 5.64. The summed E-state index contributed by atoms with van der Waals surface area (Å²) in [5, 5.41) is 8.62. The molecule has 1 N–H and O–H groups in total. The maximum Gasteiger partial charge on any atom is 0.303 e. The molecule has 0 radical (unpaired) electrons. The van der Waals surface area contributed by atoms with Gasteiger partial charge >= 0.3 is 5.97 Å². The molecule has 3 nitrogen and oxygen atoms in total. The summed E-state index contributed by atoms with van der Waals surface area (Å²) in [7, 11) is 0. The monoisotopic (exact) mass is 197 g/mol. The SMILES string of the molecule is CC(CCC(=O)O)N1CC2CCC1C2. The molecule has 0 spiro atoms. The van der Waals surface area contributed by atoms with Crippen LogP contribution in [-0.4, -0.2) is 34.6 Å². The molecule has 1 heterocycles. The van der Waals surface area contributed by atoms with E-state index in [0.29, 0.717) is 12.5 Å². The van der Waals surface area contributed by atoms with Gasteiger partial charge in [0.25, 0.3) is 0 Å². The highest BCUT2D eigenvalue weighted by Crippen LogP contribution is 2.38. The Morgan fingerprint density at radius 1 is 1.57 bits per heavy atom. The van der Waals surface area contributed by atoms with Crippen molar-refractivity contribution in [1.82, 2.24) is 4.90 Å². The van der Waals surface area contributed by atoms with Crippen LogP contribution >= 0.6 is 0 Å². The number of hydrogen-bond acceptors (Lipinski definition) is 2. The third-order valence-electron chi connectivity index (χ3n) is 3.79. The molecule has 0 aromatic rings. The number of rotatable bonds is 4. The number of hydrogen-bond donors (Lipinski definition) is 1. The zero-order valence-electron chi connectivity index (χ0n) is 8.78. The fraction of sp³-hybridized carbons (Fsp3) is 0.909. The molecule has 2 fully saturated rings. The Labute approximate surface area is 85.1 Å². The summed E-state index contributed by atoms with van der Waals surface area (Å²) in [6.07, 6.45) is 5.21. The molecule has 3 atom stereocenters. The van der Waals surface area contributed by atoms with Gasteiger partial charge in [-0.25, -0.2) is 0 Å². The van der Waals surface area contributed by atoms with Gasteiger partial charge in [-0.05, 0) is 38.5 Å². The van der Waals surface area contributed by atoms with Crippen LogP contribution in [-0.2, 0) is 4.79 Å². The molecule has 0 aromatic heterocycles. The summed E-state index contributed by atoms with van der Waals surface area (Å²) in [6.45, 7) is 3.38. The lowest BCUT2D eigenvalue weighted by Gasteiger charge is -2.32. The second-order valence-corrected chi connectivity index (χ2v) is 4.81. The lowest BCUT2D eigenvalue weighted by Crippen LogP contribution is -2.39. The Hall–Kier alpha value is -0.570.